The summed E-state index contributed by atoms with van der Waals surface area (Å²) in [6.45, 7) is 3.77. The molecule has 0 spiro atoms. The van der Waals surface area contributed by atoms with E-state index >= 15 is 0 Å². The average molecular weight is 539 g/mol. The molecule has 7 heteroatoms. The highest BCUT2D eigenvalue weighted by Crippen LogP contribution is 2.32. The van der Waals surface area contributed by atoms with Crippen molar-refractivity contribution in [3.63, 3.8) is 0 Å². The van der Waals surface area contributed by atoms with Gasteiger partial charge in [-0.05, 0) is 71.7 Å². The standard InChI is InChI=1S/C33H30O7/c1-6-7-22-16-24-19-28(33(35)40-32(24)31(17-22)39-5)29(34)15-14-27-23(18-26(37-3)20-30(27)38-4)11-8-21-9-12-25(36-2)13-10-21/h6,8-20H,1,7H2,2-5H3/b11-8?,15-14+. The van der Waals surface area contributed by atoms with Gasteiger partial charge in [0.25, 0.3) is 0 Å². The lowest BCUT2D eigenvalue weighted by Crippen LogP contribution is -2.12. The van der Waals surface area contributed by atoms with Crippen molar-refractivity contribution in [1.82, 2.24) is 0 Å². The van der Waals surface area contributed by atoms with Crippen LogP contribution in [0.3, 0.4) is 0 Å². The van der Waals surface area contributed by atoms with Crippen LogP contribution in [0.2, 0.25) is 0 Å². The first-order valence-corrected chi connectivity index (χ1v) is 12.5. The second-order valence-electron chi connectivity index (χ2n) is 8.79. The molecule has 4 rings (SSSR count). The van der Waals surface area contributed by atoms with Crippen molar-refractivity contribution >= 4 is 35.0 Å². The highest BCUT2D eigenvalue weighted by molar-refractivity contribution is 6.08. The molecule has 3 aromatic carbocycles. The van der Waals surface area contributed by atoms with E-state index in [1.54, 1.807) is 38.5 Å². The lowest BCUT2D eigenvalue weighted by Gasteiger charge is -2.12. The summed E-state index contributed by atoms with van der Waals surface area (Å²) in [7, 11) is 6.22. The largest absolute Gasteiger partial charge is 0.497 e. The third-order valence-electron chi connectivity index (χ3n) is 6.30. The Morgan fingerprint density at radius 3 is 2.20 bits per heavy atom. The van der Waals surface area contributed by atoms with Crippen molar-refractivity contribution in [2.45, 2.75) is 6.42 Å². The second kappa shape index (κ2) is 12.7. The molecule has 0 fully saturated rings. The maximum atomic E-state index is 13.2. The number of fused-ring (bicyclic) bond motifs is 1. The van der Waals surface area contributed by atoms with Gasteiger partial charge >= 0.3 is 5.63 Å². The topological polar surface area (TPSA) is 84.2 Å². The Labute approximate surface area is 232 Å². The zero-order chi connectivity index (χ0) is 28.6. The van der Waals surface area contributed by atoms with E-state index in [0.717, 1.165) is 22.4 Å². The molecule has 0 aliphatic carbocycles. The van der Waals surface area contributed by atoms with Gasteiger partial charge in [-0.1, -0.05) is 30.4 Å². The Kier molecular flexibility index (Phi) is 8.86. The third kappa shape index (κ3) is 6.15. The minimum atomic E-state index is -0.752. The number of hydrogen-bond donors (Lipinski definition) is 0. The molecule has 0 unspecified atom stereocenters. The second-order valence-corrected chi connectivity index (χ2v) is 8.79. The van der Waals surface area contributed by atoms with Gasteiger partial charge in [0, 0.05) is 17.0 Å². The minimum Gasteiger partial charge on any atom is -0.497 e. The van der Waals surface area contributed by atoms with Crippen LogP contribution in [0.5, 0.6) is 23.0 Å². The number of ketones is 1. The van der Waals surface area contributed by atoms with Gasteiger partial charge in [-0.25, -0.2) is 4.79 Å². The minimum absolute atomic E-state index is 0.0932. The molecule has 0 aliphatic rings. The quantitative estimate of drug-likeness (QED) is 0.0697. The molecular formula is C33H30O7. The Morgan fingerprint density at radius 1 is 0.825 bits per heavy atom. The Balaban J connectivity index is 1.73. The highest BCUT2D eigenvalue weighted by Gasteiger charge is 2.16. The molecule has 40 heavy (non-hydrogen) atoms. The third-order valence-corrected chi connectivity index (χ3v) is 6.30. The van der Waals surface area contributed by atoms with Crippen LogP contribution in [0.1, 0.15) is 32.6 Å². The molecule has 0 radical (unpaired) electrons. The number of ether oxygens (including phenoxy) is 4. The Morgan fingerprint density at radius 2 is 1.55 bits per heavy atom. The summed E-state index contributed by atoms with van der Waals surface area (Å²) in [6, 6.07) is 16.3. The fourth-order valence-electron chi connectivity index (χ4n) is 4.24. The molecule has 1 aromatic heterocycles. The van der Waals surface area contributed by atoms with Gasteiger partial charge in [0.2, 0.25) is 0 Å². The van der Waals surface area contributed by atoms with Crippen molar-refractivity contribution in [1.29, 1.82) is 0 Å². The number of allylic oxidation sites excluding steroid dienone is 2. The lowest BCUT2D eigenvalue weighted by molar-refractivity contribution is 0.104. The zero-order valence-corrected chi connectivity index (χ0v) is 22.9. The molecule has 0 saturated carbocycles. The summed E-state index contributed by atoms with van der Waals surface area (Å²) in [5.41, 5.74) is 2.69. The molecule has 0 bridgehead atoms. The predicted molar refractivity (Wildman–Crippen MR) is 158 cm³/mol. The van der Waals surface area contributed by atoms with Crippen molar-refractivity contribution in [2.75, 3.05) is 28.4 Å². The van der Waals surface area contributed by atoms with Gasteiger partial charge in [0.05, 0.1) is 28.4 Å². The monoisotopic (exact) mass is 538 g/mol. The summed E-state index contributed by atoms with van der Waals surface area (Å²) < 4.78 is 27.2. The summed E-state index contributed by atoms with van der Waals surface area (Å²) in [5, 5.41) is 0.581. The van der Waals surface area contributed by atoms with Crippen LogP contribution >= 0.6 is 0 Å². The van der Waals surface area contributed by atoms with E-state index < -0.39 is 11.4 Å². The van der Waals surface area contributed by atoms with E-state index in [9.17, 15) is 9.59 Å². The Bertz CT molecular complexity index is 1660. The number of hydrogen-bond acceptors (Lipinski definition) is 7. The van der Waals surface area contributed by atoms with E-state index in [1.165, 1.54) is 26.4 Å². The molecular weight excluding hydrogens is 508 g/mol. The average Bonchev–Trinajstić information content (AvgIpc) is 2.98. The van der Waals surface area contributed by atoms with Crippen LogP contribution in [-0.4, -0.2) is 34.2 Å². The van der Waals surface area contributed by atoms with Crippen LogP contribution in [0, 0.1) is 0 Å². The molecule has 0 amide bonds. The molecule has 0 N–H and O–H groups in total. The fourth-order valence-corrected chi connectivity index (χ4v) is 4.24. The van der Waals surface area contributed by atoms with Crippen molar-refractivity contribution in [3.8, 4) is 23.0 Å². The first-order chi connectivity index (χ1) is 19.4. The maximum absolute atomic E-state index is 13.2. The first kappa shape index (κ1) is 28.0. The molecule has 7 nitrogen and oxygen atoms in total. The number of methoxy groups -OCH3 is 4. The van der Waals surface area contributed by atoms with Crippen LogP contribution < -0.4 is 24.6 Å². The summed E-state index contributed by atoms with van der Waals surface area (Å²) in [5.74, 6) is 1.76. The van der Waals surface area contributed by atoms with E-state index in [1.807, 2.05) is 48.6 Å². The Hall–Kier alpha value is -5.04. The number of benzene rings is 3. The van der Waals surface area contributed by atoms with E-state index in [-0.39, 0.29) is 11.1 Å². The van der Waals surface area contributed by atoms with Gasteiger partial charge in [0.15, 0.2) is 17.1 Å². The van der Waals surface area contributed by atoms with Gasteiger partial charge in [-0.2, -0.15) is 0 Å². The molecule has 204 valence electrons. The smallest absolute Gasteiger partial charge is 0.347 e. The highest BCUT2D eigenvalue weighted by atomic mass is 16.5. The molecule has 0 aliphatic heterocycles. The van der Waals surface area contributed by atoms with Gasteiger partial charge < -0.3 is 23.4 Å². The molecule has 0 atom stereocenters. The fraction of sp³-hybridized carbons (Fsp3) is 0.152. The number of carbonyl (C=O) groups excluding carboxylic acids is 1. The van der Waals surface area contributed by atoms with Gasteiger partial charge in [0.1, 0.15) is 22.8 Å². The summed E-state index contributed by atoms with van der Waals surface area (Å²) in [6.07, 6.45) is 9.13. The van der Waals surface area contributed by atoms with E-state index in [4.69, 9.17) is 23.4 Å². The summed E-state index contributed by atoms with van der Waals surface area (Å²) >= 11 is 0. The SMILES string of the molecule is C=CCc1cc(OC)c2oc(=O)c(C(=O)/C=C/c3c(C=Cc4ccc(OC)cc4)cc(OC)cc3OC)cc2c1. The van der Waals surface area contributed by atoms with Crippen LogP contribution in [0.25, 0.3) is 29.2 Å². The maximum Gasteiger partial charge on any atom is 0.347 e. The molecule has 0 saturated heterocycles. The van der Waals surface area contributed by atoms with Crippen LogP contribution in [-0.2, 0) is 6.42 Å². The predicted octanol–water partition coefficient (Wildman–Crippen LogP) is 6.62. The van der Waals surface area contributed by atoms with Gasteiger partial charge in [-0.15, -0.1) is 6.58 Å². The van der Waals surface area contributed by atoms with Crippen molar-refractivity contribution in [2.24, 2.45) is 0 Å². The number of carbonyl (C=O) groups is 1. The van der Waals surface area contributed by atoms with Crippen LogP contribution in [0.4, 0.5) is 0 Å². The van der Waals surface area contributed by atoms with E-state index in [0.29, 0.717) is 34.6 Å². The summed E-state index contributed by atoms with van der Waals surface area (Å²) in [4.78, 5) is 26.0. The first-order valence-electron chi connectivity index (χ1n) is 12.5. The molecule has 4 aromatic rings. The van der Waals surface area contributed by atoms with Crippen molar-refractivity contribution < 1.29 is 28.2 Å². The lowest BCUT2D eigenvalue weighted by atomic mass is 10.0. The van der Waals surface area contributed by atoms with Crippen molar-refractivity contribution in [3.05, 3.63) is 112 Å². The van der Waals surface area contributed by atoms with Crippen LogP contribution in [0.15, 0.2) is 82.5 Å². The molecule has 1 heterocycles. The normalized spacial score (nSPS) is 11.2. The number of rotatable bonds is 11. The van der Waals surface area contributed by atoms with Gasteiger partial charge in [-0.3, -0.25) is 4.79 Å². The van der Waals surface area contributed by atoms with E-state index in [2.05, 4.69) is 6.58 Å². The zero-order valence-electron chi connectivity index (χ0n) is 22.9.